The first-order valence-corrected chi connectivity index (χ1v) is 4.94. The summed E-state index contributed by atoms with van der Waals surface area (Å²) in [6, 6.07) is 5.64. The van der Waals surface area contributed by atoms with Crippen LogP contribution >= 0.6 is 27.5 Å². The Kier molecular flexibility index (Phi) is 3.17. The molecular formula is C9H7BrClF3. The van der Waals surface area contributed by atoms with E-state index in [4.69, 9.17) is 11.6 Å². The molecule has 0 aliphatic carbocycles. The molecule has 1 aromatic rings. The van der Waals surface area contributed by atoms with E-state index in [0.717, 1.165) is 0 Å². The van der Waals surface area contributed by atoms with Gasteiger partial charge < -0.3 is 0 Å². The summed E-state index contributed by atoms with van der Waals surface area (Å²) in [4.78, 5) is -3.80. The van der Waals surface area contributed by atoms with E-state index in [1.54, 1.807) is 13.0 Å². The number of rotatable bonds is 2. The van der Waals surface area contributed by atoms with E-state index in [1.807, 2.05) is 15.9 Å². The van der Waals surface area contributed by atoms with Crippen molar-refractivity contribution in [2.24, 2.45) is 0 Å². The first-order valence-electron chi connectivity index (χ1n) is 3.77. The Balaban J connectivity index is 3.16. The molecule has 0 amide bonds. The van der Waals surface area contributed by atoms with Gasteiger partial charge in [0.25, 0.3) is 5.13 Å². The molecule has 0 saturated heterocycles. The summed E-state index contributed by atoms with van der Waals surface area (Å²) in [5.74, 6) is 0. The summed E-state index contributed by atoms with van der Waals surface area (Å²) in [6.45, 7) is 1.67. The molecule has 0 aliphatic rings. The van der Waals surface area contributed by atoms with Gasteiger partial charge in [0, 0.05) is 5.56 Å². The molecule has 0 radical (unpaired) electrons. The molecule has 1 rings (SSSR count). The predicted molar refractivity (Wildman–Crippen MR) is 53.7 cm³/mol. The highest BCUT2D eigenvalue weighted by Crippen LogP contribution is 2.48. The zero-order valence-corrected chi connectivity index (χ0v) is 9.54. The Bertz CT molecular complexity index is 333. The minimum Gasteiger partial charge on any atom is -0.213 e. The SMILES string of the molecule is Cc1cccc(C(F)(Cl)C(F)(F)Br)c1. The fraction of sp³-hybridized carbons (Fsp3) is 0.333. The van der Waals surface area contributed by atoms with E-state index < -0.39 is 9.96 Å². The fourth-order valence-corrected chi connectivity index (χ4v) is 1.35. The van der Waals surface area contributed by atoms with E-state index in [2.05, 4.69) is 0 Å². The van der Waals surface area contributed by atoms with Crippen molar-refractivity contribution in [2.45, 2.75) is 16.9 Å². The highest BCUT2D eigenvalue weighted by Gasteiger charge is 2.53. The van der Waals surface area contributed by atoms with Gasteiger partial charge in [-0.2, -0.15) is 8.78 Å². The third-order valence-electron chi connectivity index (χ3n) is 1.74. The molecule has 0 spiro atoms. The molecule has 0 heterocycles. The van der Waals surface area contributed by atoms with Gasteiger partial charge in [-0.1, -0.05) is 41.4 Å². The minimum absolute atomic E-state index is 0.263. The van der Waals surface area contributed by atoms with Crippen molar-refractivity contribution in [2.75, 3.05) is 0 Å². The quantitative estimate of drug-likeness (QED) is 0.710. The monoisotopic (exact) mass is 286 g/mol. The number of hydrogen-bond acceptors (Lipinski definition) is 0. The number of aryl methyl sites for hydroxylation is 1. The highest BCUT2D eigenvalue weighted by atomic mass is 79.9. The number of alkyl halides is 5. The van der Waals surface area contributed by atoms with Crippen LogP contribution in [0.3, 0.4) is 0 Å². The van der Waals surface area contributed by atoms with E-state index in [-0.39, 0.29) is 5.56 Å². The molecule has 0 aromatic heterocycles. The molecule has 78 valence electrons. The van der Waals surface area contributed by atoms with Gasteiger partial charge in [-0.15, -0.1) is 0 Å². The molecule has 0 N–H and O–H groups in total. The molecule has 0 bridgehead atoms. The molecule has 1 aromatic carbocycles. The third kappa shape index (κ3) is 2.23. The second-order valence-electron chi connectivity index (χ2n) is 2.94. The Labute approximate surface area is 93.2 Å². The summed E-state index contributed by atoms with van der Waals surface area (Å²) in [7, 11) is 0. The predicted octanol–water partition coefficient (Wildman–Crippen LogP) is 4.34. The van der Waals surface area contributed by atoms with Crippen LogP contribution < -0.4 is 0 Å². The van der Waals surface area contributed by atoms with Crippen LogP contribution in [0.1, 0.15) is 11.1 Å². The van der Waals surface area contributed by atoms with Crippen LogP contribution in [0.25, 0.3) is 0 Å². The maximum atomic E-state index is 13.5. The van der Waals surface area contributed by atoms with E-state index in [9.17, 15) is 13.2 Å². The summed E-state index contributed by atoms with van der Waals surface area (Å²) in [6.07, 6.45) is 0. The largest absolute Gasteiger partial charge is 0.352 e. The fourth-order valence-electron chi connectivity index (χ4n) is 1.00. The Hall–Kier alpha value is -0.220. The molecule has 1 unspecified atom stereocenters. The number of halogens is 5. The first-order chi connectivity index (χ1) is 6.25. The van der Waals surface area contributed by atoms with Gasteiger partial charge in [-0.3, -0.25) is 0 Å². The van der Waals surface area contributed by atoms with Crippen molar-refractivity contribution in [3.8, 4) is 0 Å². The van der Waals surface area contributed by atoms with Crippen LogP contribution in [-0.4, -0.2) is 4.83 Å². The minimum atomic E-state index is -3.80. The number of hydrogen-bond donors (Lipinski definition) is 0. The van der Waals surface area contributed by atoms with Crippen LogP contribution in [-0.2, 0) is 5.13 Å². The van der Waals surface area contributed by atoms with Gasteiger partial charge >= 0.3 is 4.83 Å². The van der Waals surface area contributed by atoms with Crippen molar-refractivity contribution < 1.29 is 13.2 Å². The molecule has 0 saturated carbocycles. The molecule has 0 aliphatic heterocycles. The van der Waals surface area contributed by atoms with Crippen LogP contribution in [0.2, 0.25) is 0 Å². The summed E-state index contributed by atoms with van der Waals surface area (Å²) < 4.78 is 38.9. The van der Waals surface area contributed by atoms with Crippen LogP contribution in [0.15, 0.2) is 24.3 Å². The van der Waals surface area contributed by atoms with Crippen molar-refractivity contribution >= 4 is 27.5 Å². The average molecular weight is 288 g/mol. The standard InChI is InChI=1S/C9H7BrClF3/c1-6-3-2-4-7(5-6)8(11,12)9(10,13)14/h2-5H,1H3. The van der Waals surface area contributed by atoms with Gasteiger partial charge in [-0.05, 0) is 22.9 Å². The van der Waals surface area contributed by atoms with Crippen LogP contribution in [0.5, 0.6) is 0 Å². The van der Waals surface area contributed by atoms with E-state index >= 15 is 0 Å². The molecule has 0 fully saturated rings. The highest BCUT2D eigenvalue weighted by molar-refractivity contribution is 9.10. The lowest BCUT2D eigenvalue weighted by Crippen LogP contribution is -2.30. The lowest BCUT2D eigenvalue weighted by atomic mass is 10.1. The zero-order chi connectivity index (χ0) is 11.0. The molecule has 0 nitrogen and oxygen atoms in total. The van der Waals surface area contributed by atoms with Crippen molar-refractivity contribution in [1.29, 1.82) is 0 Å². The maximum Gasteiger partial charge on any atom is 0.352 e. The maximum absolute atomic E-state index is 13.5. The summed E-state index contributed by atoms with van der Waals surface area (Å²) in [5, 5.41) is -3.22. The van der Waals surface area contributed by atoms with Crippen molar-refractivity contribution in [1.82, 2.24) is 0 Å². The summed E-state index contributed by atoms with van der Waals surface area (Å²) in [5.41, 5.74) is 0.406. The Morgan fingerprint density at radius 3 is 2.29 bits per heavy atom. The normalized spacial score (nSPS) is 16.4. The van der Waals surface area contributed by atoms with Gasteiger partial charge in [0.2, 0.25) is 0 Å². The Morgan fingerprint density at radius 2 is 1.86 bits per heavy atom. The van der Waals surface area contributed by atoms with Crippen LogP contribution in [0.4, 0.5) is 13.2 Å². The Morgan fingerprint density at radius 1 is 1.29 bits per heavy atom. The van der Waals surface area contributed by atoms with Crippen molar-refractivity contribution in [3.05, 3.63) is 35.4 Å². The van der Waals surface area contributed by atoms with Gasteiger partial charge in [0.15, 0.2) is 0 Å². The smallest absolute Gasteiger partial charge is 0.213 e. The number of benzene rings is 1. The van der Waals surface area contributed by atoms with E-state index in [1.165, 1.54) is 18.2 Å². The van der Waals surface area contributed by atoms with Gasteiger partial charge in [0.1, 0.15) is 0 Å². The lowest BCUT2D eigenvalue weighted by molar-refractivity contribution is -0.00769. The topological polar surface area (TPSA) is 0 Å². The van der Waals surface area contributed by atoms with Gasteiger partial charge in [0.05, 0.1) is 0 Å². The van der Waals surface area contributed by atoms with Crippen molar-refractivity contribution in [3.63, 3.8) is 0 Å². The molecule has 14 heavy (non-hydrogen) atoms. The molecule has 5 heteroatoms. The second-order valence-corrected chi connectivity index (χ2v) is 4.46. The van der Waals surface area contributed by atoms with Crippen LogP contribution in [0, 0.1) is 6.92 Å². The van der Waals surface area contributed by atoms with E-state index in [0.29, 0.717) is 5.56 Å². The third-order valence-corrected chi connectivity index (χ3v) is 2.97. The molecular weight excluding hydrogens is 280 g/mol. The first kappa shape index (κ1) is 11.9. The van der Waals surface area contributed by atoms with Gasteiger partial charge in [-0.25, -0.2) is 4.39 Å². The lowest BCUT2D eigenvalue weighted by Gasteiger charge is -2.23. The second kappa shape index (κ2) is 3.74. The molecule has 1 atom stereocenters. The summed E-state index contributed by atoms with van der Waals surface area (Å²) >= 11 is 7.07. The zero-order valence-electron chi connectivity index (χ0n) is 7.20. The average Bonchev–Trinajstić information content (AvgIpc) is 2.02.